The Bertz CT molecular complexity index is 346. The van der Waals surface area contributed by atoms with Crippen LogP contribution in [0.2, 0.25) is 0 Å². The molecule has 0 aliphatic rings. The van der Waals surface area contributed by atoms with E-state index in [0.29, 0.717) is 0 Å². The molecule has 0 radical (unpaired) electrons. The molecule has 0 fully saturated rings. The topological polar surface area (TPSA) is 28.4 Å². The molecule has 0 atom stereocenters. The maximum atomic E-state index is 5.67. The third-order valence-electron chi connectivity index (χ3n) is 3.09. The highest BCUT2D eigenvalue weighted by molar-refractivity contribution is 5.17. The Morgan fingerprint density at radius 3 is 2.32 bits per heavy atom. The molecule has 0 unspecified atom stereocenters. The zero-order valence-electron chi connectivity index (χ0n) is 13.3. The van der Waals surface area contributed by atoms with Crippen molar-refractivity contribution < 1.29 is 4.42 Å². The van der Waals surface area contributed by atoms with E-state index in [1.54, 1.807) is 0 Å². The number of nitrogens with one attached hydrogen (secondary N) is 1. The summed E-state index contributed by atoms with van der Waals surface area (Å²) in [5.74, 6) is 1.11. The molecule has 0 spiro atoms. The van der Waals surface area contributed by atoms with Crippen LogP contribution < -0.4 is 5.32 Å². The first kappa shape index (κ1) is 16.3. The van der Waals surface area contributed by atoms with Crippen LogP contribution in [-0.4, -0.2) is 23.5 Å². The minimum absolute atomic E-state index is 0.140. The Kier molecular flexibility index (Phi) is 6.59. The maximum absolute atomic E-state index is 5.67. The van der Waals surface area contributed by atoms with Crippen LogP contribution in [-0.2, 0) is 13.1 Å². The Labute approximate surface area is 118 Å². The van der Waals surface area contributed by atoms with Crippen LogP contribution in [0.5, 0.6) is 0 Å². The lowest BCUT2D eigenvalue weighted by Gasteiger charge is -2.22. The third-order valence-corrected chi connectivity index (χ3v) is 3.09. The van der Waals surface area contributed by atoms with Gasteiger partial charge in [0.15, 0.2) is 0 Å². The van der Waals surface area contributed by atoms with Gasteiger partial charge < -0.3 is 9.73 Å². The van der Waals surface area contributed by atoms with E-state index in [2.05, 4.69) is 50.9 Å². The SMILES string of the molecule is CCCN(CCC)Cc1occc1CNC(C)(C)C. The lowest BCUT2D eigenvalue weighted by atomic mass is 10.1. The highest BCUT2D eigenvalue weighted by atomic mass is 16.3. The van der Waals surface area contributed by atoms with Gasteiger partial charge in [0.25, 0.3) is 0 Å². The molecule has 1 aromatic rings. The van der Waals surface area contributed by atoms with Crippen molar-refractivity contribution in [2.24, 2.45) is 0 Å². The molecule has 0 amide bonds. The summed E-state index contributed by atoms with van der Waals surface area (Å²) >= 11 is 0. The van der Waals surface area contributed by atoms with Crippen molar-refractivity contribution in [1.29, 1.82) is 0 Å². The van der Waals surface area contributed by atoms with Gasteiger partial charge in [-0.2, -0.15) is 0 Å². The molecule has 1 N–H and O–H groups in total. The van der Waals surface area contributed by atoms with Gasteiger partial charge in [-0.15, -0.1) is 0 Å². The second kappa shape index (κ2) is 7.71. The zero-order chi connectivity index (χ0) is 14.3. The molecule has 1 heterocycles. The van der Waals surface area contributed by atoms with Crippen molar-refractivity contribution in [3.05, 3.63) is 23.7 Å². The molecule has 3 heteroatoms. The first-order valence-corrected chi connectivity index (χ1v) is 7.49. The largest absolute Gasteiger partial charge is 0.468 e. The average Bonchev–Trinajstić information content (AvgIpc) is 2.73. The number of hydrogen-bond acceptors (Lipinski definition) is 3. The quantitative estimate of drug-likeness (QED) is 0.776. The van der Waals surface area contributed by atoms with Gasteiger partial charge in [-0.1, -0.05) is 13.8 Å². The van der Waals surface area contributed by atoms with E-state index in [-0.39, 0.29) is 5.54 Å². The number of nitrogens with zero attached hydrogens (tertiary/aromatic N) is 1. The maximum Gasteiger partial charge on any atom is 0.122 e. The minimum atomic E-state index is 0.140. The Morgan fingerprint density at radius 1 is 1.16 bits per heavy atom. The average molecular weight is 266 g/mol. The molecular formula is C16H30N2O. The van der Waals surface area contributed by atoms with Crippen molar-refractivity contribution in [3.63, 3.8) is 0 Å². The van der Waals surface area contributed by atoms with Gasteiger partial charge in [0.2, 0.25) is 0 Å². The van der Waals surface area contributed by atoms with Gasteiger partial charge in [0, 0.05) is 17.6 Å². The summed E-state index contributed by atoms with van der Waals surface area (Å²) in [7, 11) is 0. The Balaban J connectivity index is 2.60. The Morgan fingerprint density at radius 2 is 1.79 bits per heavy atom. The summed E-state index contributed by atoms with van der Waals surface area (Å²) in [6.07, 6.45) is 4.19. The molecule has 110 valence electrons. The van der Waals surface area contributed by atoms with Crippen LogP contribution in [0.3, 0.4) is 0 Å². The van der Waals surface area contributed by atoms with Gasteiger partial charge in [-0.25, -0.2) is 0 Å². The standard InChI is InChI=1S/C16H30N2O/c1-6-9-18(10-7-2)13-15-14(8-11-19-15)12-17-16(3,4)5/h8,11,17H,6-7,9-10,12-13H2,1-5H3. The fourth-order valence-electron chi connectivity index (χ4n) is 2.13. The fraction of sp³-hybridized carbons (Fsp3) is 0.750. The van der Waals surface area contributed by atoms with Crippen LogP contribution in [0.4, 0.5) is 0 Å². The fourth-order valence-corrected chi connectivity index (χ4v) is 2.13. The van der Waals surface area contributed by atoms with E-state index >= 15 is 0 Å². The summed E-state index contributed by atoms with van der Waals surface area (Å²) in [6, 6.07) is 2.09. The van der Waals surface area contributed by atoms with Crippen molar-refractivity contribution >= 4 is 0 Å². The lowest BCUT2D eigenvalue weighted by Crippen LogP contribution is -2.35. The Hall–Kier alpha value is -0.800. The van der Waals surface area contributed by atoms with Crippen LogP contribution in [0.25, 0.3) is 0 Å². The van der Waals surface area contributed by atoms with Gasteiger partial charge in [0.1, 0.15) is 5.76 Å². The second-order valence-corrected chi connectivity index (χ2v) is 6.25. The number of furan rings is 1. The first-order chi connectivity index (χ1) is 8.96. The van der Waals surface area contributed by atoms with Gasteiger partial charge in [-0.05, 0) is 52.8 Å². The van der Waals surface area contributed by atoms with E-state index < -0.39 is 0 Å². The summed E-state index contributed by atoms with van der Waals surface area (Å²) in [5.41, 5.74) is 1.42. The highest BCUT2D eigenvalue weighted by Gasteiger charge is 2.14. The minimum Gasteiger partial charge on any atom is -0.468 e. The van der Waals surface area contributed by atoms with E-state index in [1.807, 2.05) is 6.26 Å². The third kappa shape index (κ3) is 6.26. The van der Waals surface area contributed by atoms with E-state index in [0.717, 1.165) is 31.9 Å². The van der Waals surface area contributed by atoms with Gasteiger partial charge in [-0.3, -0.25) is 4.90 Å². The highest BCUT2D eigenvalue weighted by Crippen LogP contribution is 2.15. The normalized spacial score (nSPS) is 12.3. The summed E-state index contributed by atoms with van der Waals surface area (Å²) < 4.78 is 5.67. The molecular weight excluding hydrogens is 236 g/mol. The van der Waals surface area contributed by atoms with Crippen LogP contribution in [0.1, 0.15) is 58.8 Å². The van der Waals surface area contributed by atoms with Crippen LogP contribution in [0, 0.1) is 0 Å². The summed E-state index contributed by atoms with van der Waals surface area (Å²) in [6.45, 7) is 15.1. The van der Waals surface area contributed by atoms with E-state index in [9.17, 15) is 0 Å². The van der Waals surface area contributed by atoms with E-state index in [1.165, 1.54) is 18.4 Å². The smallest absolute Gasteiger partial charge is 0.122 e. The monoisotopic (exact) mass is 266 g/mol. The predicted molar refractivity (Wildman–Crippen MR) is 81.2 cm³/mol. The van der Waals surface area contributed by atoms with Crippen LogP contribution >= 0.6 is 0 Å². The van der Waals surface area contributed by atoms with Crippen molar-refractivity contribution in [3.8, 4) is 0 Å². The molecule has 0 aliphatic heterocycles. The van der Waals surface area contributed by atoms with Gasteiger partial charge >= 0.3 is 0 Å². The van der Waals surface area contributed by atoms with E-state index in [4.69, 9.17) is 4.42 Å². The lowest BCUT2D eigenvalue weighted by molar-refractivity contribution is 0.242. The van der Waals surface area contributed by atoms with Gasteiger partial charge in [0.05, 0.1) is 12.8 Å². The zero-order valence-corrected chi connectivity index (χ0v) is 13.3. The molecule has 0 saturated carbocycles. The molecule has 0 aliphatic carbocycles. The molecule has 0 aromatic carbocycles. The second-order valence-electron chi connectivity index (χ2n) is 6.25. The molecule has 19 heavy (non-hydrogen) atoms. The molecule has 1 rings (SSSR count). The molecule has 3 nitrogen and oxygen atoms in total. The van der Waals surface area contributed by atoms with Crippen molar-refractivity contribution in [2.45, 2.75) is 66.1 Å². The molecule has 1 aromatic heterocycles. The van der Waals surface area contributed by atoms with Crippen molar-refractivity contribution in [1.82, 2.24) is 10.2 Å². The molecule has 0 bridgehead atoms. The van der Waals surface area contributed by atoms with Crippen molar-refractivity contribution in [2.75, 3.05) is 13.1 Å². The van der Waals surface area contributed by atoms with Crippen LogP contribution in [0.15, 0.2) is 16.7 Å². The molecule has 0 saturated heterocycles. The number of rotatable bonds is 8. The number of hydrogen-bond donors (Lipinski definition) is 1. The first-order valence-electron chi connectivity index (χ1n) is 7.49. The summed E-state index contributed by atoms with van der Waals surface area (Å²) in [5, 5.41) is 3.52. The summed E-state index contributed by atoms with van der Waals surface area (Å²) in [4.78, 5) is 2.47. The predicted octanol–water partition coefficient (Wildman–Crippen LogP) is 3.79.